The van der Waals surface area contributed by atoms with Crippen molar-refractivity contribution in [3.63, 3.8) is 0 Å². The monoisotopic (exact) mass is 935 g/mol. The summed E-state index contributed by atoms with van der Waals surface area (Å²) < 4.78 is 61.6. The molecule has 0 aromatic heterocycles. The summed E-state index contributed by atoms with van der Waals surface area (Å²) in [7, 11) is 5.61. The second kappa shape index (κ2) is 21.6. The minimum absolute atomic E-state index is 0.0288. The molecule has 0 radical (unpaired) electrons. The Bertz CT molecular complexity index is 1870. The molecule has 1 aromatic rings. The zero-order chi connectivity index (χ0) is 47.1. The molecule has 1 aliphatic carbocycles. The average Bonchev–Trinajstić information content (AvgIpc) is 3.96. The first-order valence-electron chi connectivity index (χ1n) is 21.1. The standard InChI is InChI=1S/C42H59Cl2F4N7O8/c1-8-28(49-36(58)33-20-26(45)21-55(33)40(62)41(14-15-41)42(46,47)48)38(60)53(5)31-11-9-10-16-52(4)37(59)30(22-63-7)51-35(57)32(19-24-18-25(43)12-13-27(24)44)54(6)39(61)29(17-23(2)3)50-34(31)56/h12-13,18,23,26,28-33H,8-11,14-17,19-22H2,1-7H3,(H,49,58)(H,50,56)(H,51,57)/t26-,28+,29+,30-,31+,32+,33+/m1/s1. The minimum atomic E-state index is -4.89. The van der Waals surface area contributed by atoms with Gasteiger partial charge in [-0.25, -0.2) is 4.39 Å². The maximum absolute atomic E-state index is 14.7. The Morgan fingerprint density at radius 2 is 1.67 bits per heavy atom. The van der Waals surface area contributed by atoms with E-state index < -0.39 is 121 Å². The Morgan fingerprint density at radius 3 is 2.25 bits per heavy atom. The molecule has 4 rings (SSSR count). The number of alkyl halides is 4. The molecule has 2 aliphatic heterocycles. The van der Waals surface area contributed by atoms with Crippen LogP contribution >= 0.6 is 23.2 Å². The minimum Gasteiger partial charge on any atom is -0.382 e. The van der Waals surface area contributed by atoms with Gasteiger partial charge in [0.1, 0.15) is 47.8 Å². The van der Waals surface area contributed by atoms with Gasteiger partial charge in [0.2, 0.25) is 41.4 Å². The molecule has 2 saturated heterocycles. The Morgan fingerprint density at radius 1 is 1.02 bits per heavy atom. The summed E-state index contributed by atoms with van der Waals surface area (Å²) in [4.78, 5) is 102. The molecule has 3 fully saturated rings. The van der Waals surface area contributed by atoms with E-state index in [1.807, 2.05) is 13.8 Å². The van der Waals surface area contributed by atoms with Crippen LogP contribution in [0.5, 0.6) is 0 Å². The highest BCUT2D eigenvalue weighted by Gasteiger charge is 2.70. The number of ether oxygens (including phenoxy) is 1. The van der Waals surface area contributed by atoms with E-state index in [0.717, 1.165) is 9.80 Å². The second-order valence-corrected chi connectivity index (χ2v) is 18.0. The lowest BCUT2D eigenvalue weighted by atomic mass is 9.98. The van der Waals surface area contributed by atoms with Crippen molar-refractivity contribution >= 4 is 64.6 Å². The number of methoxy groups -OCH3 is 1. The van der Waals surface area contributed by atoms with Gasteiger partial charge < -0.3 is 40.3 Å². The van der Waals surface area contributed by atoms with Crippen LogP contribution in [0.2, 0.25) is 10.0 Å². The lowest BCUT2D eigenvalue weighted by Crippen LogP contribution is -2.61. The molecule has 15 nitrogen and oxygen atoms in total. The summed E-state index contributed by atoms with van der Waals surface area (Å²) in [5.74, 6) is -5.92. The van der Waals surface area contributed by atoms with Crippen LogP contribution in [0.15, 0.2) is 18.2 Å². The summed E-state index contributed by atoms with van der Waals surface area (Å²) in [5.41, 5.74) is -2.25. The maximum Gasteiger partial charge on any atom is 0.403 e. The lowest BCUT2D eigenvalue weighted by Gasteiger charge is -2.35. The van der Waals surface area contributed by atoms with Crippen molar-refractivity contribution in [2.24, 2.45) is 11.3 Å². The van der Waals surface area contributed by atoms with E-state index >= 15 is 0 Å². The van der Waals surface area contributed by atoms with Gasteiger partial charge in [-0.15, -0.1) is 0 Å². The summed E-state index contributed by atoms with van der Waals surface area (Å²) in [6.45, 7) is 4.47. The quantitative estimate of drug-likeness (QED) is 0.266. The third kappa shape index (κ3) is 12.3. The molecule has 7 atom stereocenters. The van der Waals surface area contributed by atoms with Crippen molar-refractivity contribution in [3.05, 3.63) is 33.8 Å². The SMILES string of the molecule is CC[C@H](NC(=O)[C@@H]1C[C@@H](F)CN1C(=O)C1(C(F)(F)F)CC1)C(=O)N(C)[C@H]1CCCCN(C)C(=O)[C@@H](COC)NC(=O)[C@H](Cc2cc(Cl)ccc2Cl)N(C)C(=O)[C@H](CC(C)C)NC1=O. The molecule has 0 unspecified atom stereocenters. The number of nitrogens with one attached hydrogen (secondary N) is 3. The summed E-state index contributed by atoms with van der Waals surface area (Å²) >= 11 is 12.8. The number of halogens is 6. The second-order valence-electron chi connectivity index (χ2n) is 17.2. The van der Waals surface area contributed by atoms with Crippen molar-refractivity contribution in [1.82, 2.24) is 35.6 Å². The Balaban J connectivity index is 1.65. The summed E-state index contributed by atoms with van der Waals surface area (Å²) in [6, 6.07) is -3.19. The summed E-state index contributed by atoms with van der Waals surface area (Å²) in [5, 5.41) is 8.62. The van der Waals surface area contributed by atoms with Gasteiger partial charge in [-0.3, -0.25) is 33.6 Å². The highest BCUT2D eigenvalue weighted by atomic mass is 35.5. The normalized spacial score (nSPS) is 25.7. The van der Waals surface area contributed by atoms with Crippen LogP contribution in [-0.4, -0.2) is 157 Å². The first-order valence-corrected chi connectivity index (χ1v) is 21.9. The van der Waals surface area contributed by atoms with Gasteiger partial charge in [-0.2, -0.15) is 13.2 Å². The van der Waals surface area contributed by atoms with Gasteiger partial charge in [-0.05, 0) is 74.6 Å². The number of hydrogen-bond donors (Lipinski definition) is 3. The van der Waals surface area contributed by atoms with Crippen LogP contribution in [-0.2, 0) is 44.7 Å². The molecule has 1 saturated carbocycles. The van der Waals surface area contributed by atoms with Gasteiger partial charge in [0.15, 0.2) is 0 Å². The van der Waals surface area contributed by atoms with Crippen molar-refractivity contribution in [1.29, 1.82) is 0 Å². The predicted octanol–water partition coefficient (Wildman–Crippen LogP) is 3.67. The first-order chi connectivity index (χ1) is 29.5. The molecule has 7 amide bonds. The molecule has 3 N–H and O–H groups in total. The van der Waals surface area contributed by atoms with E-state index in [1.54, 1.807) is 25.1 Å². The maximum atomic E-state index is 14.7. The number of likely N-dealkylation sites (N-methyl/N-ethyl adjacent to an activating group) is 3. The van der Waals surface area contributed by atoms with Crippen LogP contribution in [0.3, 0.4) is 0 Å². The molecular weight excluding hydrogens is 877 g/mol. The number of likely N-dealkylation sites (tertiary alicyclic amines) is 1. The molecule has 0 bridgehead atoms. The fourth-order valence-electron chi connectivity index (χ4n) is 8.13. The highest BCUT2D eigenvalue weighted by molar-refractivity contribution is 6.33. The largest absolute Gasteiger partial charge is 0.403 e. The van der Waals surface area contributed by atoms with Crippen molar-refractivity contribution < 1.29 is 55.9 Å². The van der Waals surface area contributed by atoms with E-state index in [0.29, 0.717) is 21.9 Å². The molecule has 0 spiro atoms. The molecule has 3 aliphatic rings. The first kappa shape index (κ1) is 51.4. The van der Waals surface area contributed by atoms with Gasteiger partial charge in [-0.1, -0.05) is 44.0 Å². The molecule has 63 heavy (non-hydrogen) atoms. The molecule has 2 heterocycles. The van der Waals surface area contributed by atoms with E-state index in [1.165, 1.54) is 33.2 Å². The van der Waals surface area contributed by atoms with E-state index in [4.69, 9.17) is 27.9 Å². The zero-order valence-corrected chi connectivity index (χ0v) is 38.2. The zero-order valence-electron chi connectivity index (χ0n) is 36.7. The number of hydrogen-bond acceptors (Lipinski definition) is 8. The fourth-order valence-corrected chi connectivity index (χ4v) is 8.52. The average molecular weight is 937 g/mol. The smallest absolute Gasteiger partial charge is 0.382 e. The van der Waals surface area contributed by atoms with Crippen LogP contribution in [0, 0.1) is 11.3 Å². The van der Waals surface area contributed by atoms with Crippen LogP contribution in [0.25, 0.3) is 0 Å². The Labute approximate surface area is 375 Å². The van der Waals surface area contributed by atoms with Gasteiger partial charge in [0.05, 0.1) is 13.2 Å². The Hall–Kier alpha value is -4.23. The lowest BCUT2D eigenvalue weighted by molar-refractivity contribution is -0.199. The third-order valence-corrected chi connectivity index (χ3v) is 12.7. The van der Waals surface area contributed by atoms with Gasteiger partial charge >= 0.3 is 6.18 Å². The number of amides is 7. The van der Waals surface area contributed by atoms with Crippen molar-refractivity contribution in [3.8, 4) is 0 Å². The number of carbonyl (C=O) groups excluding carboxylic acids is 7. The van der Waals surface area contributed by atoms with Crippen molar-refractivity contribution in [2.45, 2.75) is 127 Å². The number of rotatable bonds is 12. The predicted molar refractivity (Wildman–Crippen MR) is 225 cm³/mol. The van der Waals surface area contributed by atoms with E-state index in [-0.39, 0.29) is 56.2 Å². The molecule has 352 valence electrons. The van der Waals surface area contributed by atoms with Gasteiger partial charge in [0, 0.05) is 57.7 Å². The highest BCUT2D eigenvalue weighted by Crippen LogP contribution is 2.59. The number of carbonyl (C=O) groups is 7. The molecule has 1 aromatic carbocycles. The summed E-state index contributed by atoms with van der Waals surface area (Å²) in [6.07, 6.45) is -7.61. The number of benzene rings is 1. The van der Waals surface area contributed by atoms with E-state index in [9.17, 15) is 51.1 Å². The van der Waals surface area contributed by atoms with Crippen molar-refractivity contribution in [2.75, 3.05) is 47.9 Å². The van der Waals surface area contributed by atoms with Crippen LogP contribution in [0.4, 0.5) is 17.6 Å². The van der Waals surface area contributed by atoms with E-state index in [2.05, 4.69) is 16.0 Å². The van der Waals surface area contributed by atoms with Crippen LogP contribution < -0.4 is 16.0 Å². The van der Waals surface area contributed by atoms with Crippen LogP contribution in [0.1, 0.15) is 77.7 Å². The van der Waals surface area contributed by atoms with Gasteiger partial charge in [0.25, 0.3) is 0 Å². The fraction of sp³-hybridized carbons (Fsp3) is 0.690. The molecular formula is C42H59Cl2F4N7O8. The molecule has 21 heteroatoms. The Kier molecular flexibility index (Phi) is 17.7. The number of nitrogens with zero attached hydrogens (tertiary/aromatic N) is 4. The topological polar surface area (TPSA) is 178 Å². The third-order valence-electron chi connectivity index (χ3n) is 12.1.